The number of hydrogen-bond donors (Lipinski definition) is 1. The molecular weight excluding hydrogens is 324 g/mol. The third-order valence-electron chi connectivity index (χ3n) is 5.22. The predicted molar refractivity (Wildman–Crippen MR) is 105 cm³/mol. The van der Waals surface area contributed by atoms with Crippen molar-refractivity contribution in [2.75, 3.05) is 24.5 Å². The number of phenols is 1. The van der Waals surface area contributed by atoms with Crippen molar-refractivity contribution in [2.45, 2.75) is 38.6 Å². The van der Waals surface area contributed by atoms with Crippen LogP contribution in [0.3, 0.4) is 0 Å². The van der Waals surface area contributed by atoms with Gasteiger partial charge in [-0.05, 0) is 43.0 Å². The summed E-state index contributed by atoms with van der Waals surface area (Å²) >= 11 is 0. The molecule has 0 bridgehead atoms. The van der Waals surface area contributed by atoms with Crippen LogP contribution in [0, 0.1) is 0 Å². The Morgan fingerprint density at radius 3 is 2.38 bits per heavy atom. The van der Waals surface area contributed by atoms with Crippen LogP contribution in [-0.2, 0) is 11.2 Å². The Hall–Kier alpha value is -2.33. The van der Waals surface area contributed by atoms with Crippen LogP contribution in [0.5, 0.6) is 5.75 Å². The molecule has 3 rings (SSSR count). The molecule has 1 amide bonds. The number of para-hydroxylation sites is 2. The molecule has 26 heavy (non-hydrogen) atoms. The molecule has 0 atom stereocenters. The largest absolute Gasteiger partial charge is 0.508 e. The Morgan fingerprint density at radius 2 is 1.73 bits per heavy atom. The van der Waals surface area contributed by atoms with Crippen molar-refractivity contribution in [3.8, 4) is 5.75 Å². The second kappa shape index (κ2) is 8.86. The molecule has 1 aliphatic rings. The van der Waals surface area contributed by atoms with Gasteiger partial charge in [0.1, 0.15) is 5.75 Å². The molecule has 138 valence electrons. The van der Waals surface area contributed by atoms with Crippen molar-refractivity contribution in [2.24, 2.45) is 0 Å². The molecule has 1 fully saturated rings. The van der Waals surface area contributed by atoms with Gasteiger partial charge >= 0.3 is 0 Å². The smallest absolute Gasteiger partial charge is 0.226 e. The summed E-state index contributed by atoms with van der Waals surface area (Å²) < 4.78 is 0. The van der Waals surface area contributed by atoms with Gasteiger partial charge in [-0.2, -0.15) is 0 Å². The van der Waals surface area contributed by atoms with Gasteiger partial charge in [0.2, 0.25) is 5.91 Å². The van der Waals surface area contributed by atoms with Crippen molar-refractivity contribution in [3.63, 3.8) is 0 Å². The van der Waals surface area contributed by atoms with Crippen LogP contribution in [-0.4, -0.2) is 41.6 Å². The number of benzene rings is 2. The molecular formula is C22H28N2O2. The van der Waals surface area contributed by atoms with Crippen LogP contribution in [0.15, 0.2) is 54.6 Å². The molecule has 2 aromatic carbocycles. The summed E-state index contributed by atoms with van der Waals surface area (Å²) in [6.45, 7) is 4.84. The van der Waals surface area contributed by atoms with E-state index < -0.39 is 0 Å². The standard InChI is InChI=1S/C22H28N2O2/c1-2-22(26)24(19-9-4-3-5-10-19)20-13-16-23(17-14-20)15-12-18-8-6-7-11-21(18)25/h3-11,20,25H,2,12-17H2,1H3. The Bertz CT molecular complexity index is 709. The van der Waals surface area contributed by atoms with Gasteiger partial charge in [-0.15, -0.1) is 0 Å². The van der Waals surface area contributed by atoms with Crippen LogP contribution in [0.4, 0.5) is 5.69 Å². The number of amides is 1. The summed E-state index contributed by atoms with van der Waals surface area (Å²) in [6.07, 6.45) is 3.36. The average molecular weight is 352 g/mol. The number of likely N-dealkylation sites (tertiary alicyclic amines) is 1. The fourth-order valence-corrected chi connectivity index (χ4v) is 3.72. The first kappa shape index (κ1) is 18.5. The maximum absolute atomic E-state index is 12.5. The Morgan fingerprint density at radius 1 is 1.08 bits per heavy atom. The van der Waals surface area contributed by atoms with Gasteiger partial charge in [-0.3, -0.25) is 4.79 Å². The first-order chi connectivity index (χ1) is 12.7. The second-order valence-electron chi connectivity index (χ2n) is 6.90. The number of carbonyl (C=O) groups excluding carboxylic acids is 1. The first-order valence-electron chi connectivity index (χ1n) is 9.55. The SMILES string of the molecule is CCC(=O)N(c1ccccc1)C1CCN(CCc2ccccc2O)CC1. The number of carbonyl (C=O) groups is 1. The van der Waals surface area contributed by atoms with Gasteiger partial charge in [0.15, 0.2) is 0 Å². The van der Waals surface area contributed by atoms with Crippen LogP contribution in [0.1, 0.15) is 31.7 Å². The molecule has 0 saturated carbocycles. The number of anilines is 1. The van der Waals surface area contributed by atoms with Crippen molar-refractivity contribution in [1.82, 2.24) is 4.90 Å². The van der Waals surface area contributed by atoms with E-state index >= 15 is 0 Å². The van der Waals surface area contributed by atoms with Crippen LogP contribution < -0.4 is 4.90 Å². The van der Waals surface area contributed by atoms with Crippen molar-refractivity contribution in [3.05, 3.63) is 60.2 Å². The number of rotatable bonds is 6. The quantitative estimate of drug-likeness (QED) is 0.859. The maximum Gasteiger partial charge on any atom is 0.226 e. The zero-order valence-electron chi connectivity index (χ0n) is 15.5. The fourth-order valence-electron chi connectivity index (χ4n) is 3.72. The van der Waals surface area contributed by atoms with E-state index in [0.717, 1.165) is 50.1 Å². The lowest BCUT2D eigenvalue weighted by Gasteiger charge is -2.38. The molecule has 0 unspecified atom stereocenters. The summed E-state index contributed by atoms with van der Waals surface area (Å²) in [5, 5.41) is 9.91. The number of aromatic hydroxyl groups is 1. The van der Waals surface area contributed by atoms with Crippen molar-refractivity contribution in [1.29, 1.82) is 0 Å². The summed E-state index contributed by atoms with van der Waals surface area (Å²) in [7, 11) is 0. The second-order valence-corrected chi connectivity index (χ2v) is 6.90. The van der Waals surface area contributed by atoms with Gasteiger partial charge in [0.05, 0.1) is 0 Å². The summed E-state index contributed by atoms with van der Waals surface area (Å²) in [6, 6.07) is 17.8. The Balaban J connectivity index is 1.58. The molecule has 2 aromatic rings. The molecule has 0 aliphatic carbocycles. The lowest BCUT2D eigenvalue weighted by Crippen LogP contribution is -2.47. The molecule has 0 spiro atoms. The summed E-state index contributed by atoms with van der Waals surface area (Å²) in [4.78, 5) is 17.0. The van der Waals surface area contributed by atoms with E-state index in [1.54, 1.807) is 6.07 Å². The van der Waals surface area contributed by atoms with E-state index in [1.807, 2.05) is 60.4 Å². The number of piperidine rings is 1. The molecule has 1 N–H and O–H groups in total. The Labute approximate surface area is 156 Å². The van der Waals surface area contributed by atoms with E-state index in [1.165, 1.54) is 0 Å². The third kappa shape index (κ3) is 4.44. The van der Waals surface area contributed by atoms with Gasteiger partial charge < -0.3 is 14.9 Å². The fraction of sp³-hybridized carbons (Fsp3) is 0.409. The van der Waals surface area contributed by atoms with Crippen LogP contribution in [0.2, 0.25) is 0 Å². The summed E-state index contributed by atoms with van der Waals surface area (Å²) in [5.74, 6) is 0.579. The highest BCUT2D eigenvalue weighted by molar-refractivity contribution is 5.93. The van der Waals surface area contributed by atoms with E-state index in [-0.39, 0.29) is 11.9 Å². The first-order valence-corrected chi connectivity index (χ1v) is 9.55. The highest BCUT2D eigenvalue weighted by atomic mass is 16.3. The highest BCUT2D eigenvalue weighted by Gasteiger charge is 2.28. The van der Waals surface area contributed by atoms with E-state index in [2.05, 4.69) is 4.90 Å². The minimum absolute atomic E-state index is 0.198. The molecule has 4 nitrogen and oxygen atoms in total. The summed E-state index contributed by atoms with van der Waals surface area (Å²) in [5.41, 5.74) is 2.01. The van der Waals surface area contributed by atoms with E-state index in [0.29, 0.717) is 12.2 Å². The molecule has 0 radical (unpaired) electrons. The lowest BCUT2D eigenvalue weighted by molar-refractivity contribution is -0.119. The van der Waals surface area contributed by atoms with E-state index in [9.17, 15) is 9.90 Å². The van der Waals surface area contributed by atoms with Gasteiger partial charge in [-0.25, -0.2) is 0 Å². The Kier molecular flexibility index (Phi) is 6.29. The molecule has 4 heteroatoms. The number of phenolic OH excluding ortho intramolecular Hbond substituents is 1. The minimum atomic E-state index is 0.198. The zero-order valence-corrected chi connectivity index (χ0v) is 15.5. The number of hydrogen-bond acceptors (Lipinski definition) is 3. The van der Waals surface area contributed by atoms with Crippen molar-refractivity contribution < 1.29 is 9.90 Å². The van der Waals surface area contributed by atoms with Crippen LogP contribution >= 0.6 is 0 Å². The maximum atomic E-state index is 12.5. The molecule has 0 aromatic heterocycles. The van der Waals surface area contributed by atoms with Crippen molar-refractivity contribution >= 4 is 11.6 Å². The van der Waals surface area contributed by atoms with Gasteiger partial charge in [0.25, 0.3) is 0 Å². The van der Waals surface area contributed by atoms with E-state index in [4.69, 9.17) is 0 Å². The minimum Gasteiger partial charge on any atom is -0.508 e. The number of nitrogens with zero attached hydrogens (tertiary/aromatic N) is 2. The topological polar surface area (TPSA) is 43.8 Å². The monoisotopic (exact) mass is 352 g/mol. The van der Waals surface area contributed by atoms with Gasteiger partial charge in [0, 0.05) is 37.8 Å². The third-order valence-corrected chi connectivity index (χ3v) is 5.22. The molecule has 1 heterocycles. The predicted octanol–water partition coefficient (Wildman–Crippen LogP) is 3.84. The average Bonchev–Trinajstić information content (AvgIpc) is 2.69. The lowest BCUT2D eigenvalue weighted by atomic mass is 10.0. The highest BCUT2D eigenvalue weighted by Crippen LogP contribution is 2.25. The normalized spacial score (nSPS) is 15.7. The zero-order chi connectivity index (χ0) is 18.4. The molecule has 1 aliphatic heterocycles. The van der Waals surface area contributed by atoms with Gasteiger partial charge in [-0.1, -0.05) is 43.3 Å². The van der Waals surface area contributed by atoms with Crippen LogP contribution in [0.25, 0.3) is 0 Å². The molecule has 1 saturated heterocycles.